The molecule has 2 aromatic rings. The SMILES string of the molecule is CC(C)c1ccc(NC(=O)CC2CSC(=Nc3ccc(C#N)cc3)N2C)cc1. The molecule has 1 unspecified atom stereocenters. The summed E-state index contributed by atoms with van der Waals surface area (Å²) >= 11 is 1.65. The van der Waals surface area contributed by atoms with E-state index >= 15 is 0 Å². The molecule has 1 atom stereocenters. The quantitative estimate of drug-likeness (QED) is 0.798. The minimum atomic E-state index is 0.00868. The van der Waals surface area contributed by atoms with Gasteiger partial charge in [0, 0.05) is 31.0 Å². The number of thioether (sulfide) groups is 1. The van der Waals surface area contributed by atoms with E-state index in [4.69, 9.17) is 5.26 Å². The lowest BCUT2D eigenvalue weighted by atomic mass is 10.0. The predicted octanol–water partition coefficient (Wildman–Crippen LogP) is 4.75. The number of nitrogens with one attached hydrogen (secondary N) is 1. The molecule has 1 aliphatic rings. The first-order valence-electron chi connectivity index (χ1n) is 9.30. The van der Waals surface area contributed by atoms with Gasteiger partial charge in [-0.15, -0.1) is 0 Å². The number of hydrogen-bond acceptors (Lipinski definition) is 4. The van der Waals surface area contributed by atoms with Crippen molar-refractivity contribution < 1.29 is 4.79 Å². The highest BCUT2D eigenvalue weighted by atomic mass is 32.2. The van der Waals surface area contributed by atoms with E-state index in [0.29, 0.717) is 17.9 Å². The second kappa shape index (κ2) is 8.94. The number of benzene rings is 2. The lowest BCUT2D eigenvalue weighted by Crippen LogP contribution is -2.33. The second-order valence-electron chi connectivity index (χ2n) is 7.16. The Bertz CT molecular complexity index is 898. The van der Waals surface area contributed by atoms with Gasteiger partial charge in [-0.25, -0.2) is 4.99 Å². The van der Waals surface area contributed by atoms with Gasteiger partial charge in [-0.05, 0) is 47.9 Å². The number of hydrogen-bond donors (Lipinski definition) is 1. The second-order valence-corrected chi connectivity index (χ2v) is 8.14. The van der Waals surface area contributed by atoms with Gasteiger partial charge >= 0.3 is 0 Å². The van der Waals surface area contributed by atoms with Crippen molar-refractivity contribution >= 4 is 34.2 Å². The first-order valence-corrected chi connectivity index (χ1v) is 10.3. The van der Waals surface area contributed by atoms with Gasteiger partial charge < -0.3 is 10.2 Å². The summed E-state index contributed by atoms with van der Waals surface area (Å²) in [5, 5.41) is 12.8. The number of carbonyl (C=O) groups excluding carboxylic acids is 1. The Morgan fingerprint density at radius 1 is 1.25 bits per heavy atom. The number of aliphatic imine (C=N–C) groups is 1. The summed E-state index contributed by atoms with van der Waals surface area (Å²) in [5.41, 5.74) is 3.51. The highest BCUT2D eigenvalue weighted by Gasteiger charge is 2.29. The van der Waals surface area contributed by atoms with Crippen LogP contribution in [0, 0.1) is 11.3 Å². The maximum Gasteiger partial charge on any atom is 0.226 e. The Morgan fingerprint density at radius 3 is 2.54 bits per heavy atom. The molecule has 6 heteroatoms. The predicted molar refractivity (Wildman–Crippen MR) is 116 cm³/mol. The molecule has 0 saturated carbocycles. The molecule has 3 rings (SSSR count). The van der Waals surface area contributed by atoms with Gasteiger partial charge in [0.15, 0.2) is 5.17 Å². The third-order valence-corrected chi connectivity index (χ3v) is 5.95. The monoisotopic (exact) mass is 392 g/mol. The molecular weight excluding hydrogens is 368 g/mol. The van der Waals surface area contributed by atoms with Gasteiger partial charge in [-0.3, -0.25) is 4.79 Å². The van der Waals surface area contributed by atoms with Crippen LogP contribution in [0.25, 0.3) is 0 Å². The summed E-state index contributed by atoms with van der Waals surface area (Å²) in [6.45, 7) is 4.30. The fourth-order valence-electron chi connectivity index (χ4n) is 2.95. The van der Waals surface area contributed by atoms with Crippen LogP contribution in [0.15, 0.2) is 53.5 Å². The third kappa shape index (κ3) is 4.93. The molecule has 1 aliphatic heterocycles. The van der Waals surface area contributed by atoms with Gasteiger partial charge in [0.2, 0.25) is 5.91 Å². The number of amides is 1. The Labute approximate surface area is 170 Å². The van der Waals surface area contributed by atoms with E-state index in [0.717, 1.165) is 22.3 Å². The van der Waals surface area contributed by atoms with Gasteiger partial charge in [-0.1, -0.05) is 37.7 Å². The average Bonchev–Trinajstić information content (AvgIpc) is 3.02. The first-order chi connectivity index (χ1) is 13.5. The van der Waals surface area contributed by atoms with Crippen LogP contribution >= 0.6 is 11.8 Å². The van der Waals surface area contributed by atoms with E-state index in [9.17, 15) is 4.79 Å². The summed E-state index contributed by atoms with van der Waals surface area (Å²) in [6, 6.07) is 17.4. The molecule has 1 heterocycles. The average molecular weight is 393 g/mol. The van der Waals surface area contributed by atoms with Crippen molar-refractivity contribution in [3.05, 3.63) is 59.7 Å². The van der Waals surface area contributed by atoms with E-state index in [1.54, 1.807) is 23.9 Å². The van der Waals surface area contributed by atoms with Crippen LogP contribution < -0.4 is 5.32 Å². The summed E-state index contributed by atoms with van der Waals surface area (Å²) in [4.78, 5) is 19.2. The lowest BCUT2D eigenvalue weighted by Gasteiger charge is -2.20. The van der Waals surface area contributed by atoms with Crippen molar-refractivity contribution in [2.45, 2.75) is 32.2 Å². The van der Waals surface area contributed by atoms with Gasteiger partial charge in [0.25, 0.3) is 0 Å². The molecule has 0 bridgehead atoms. The number of anilines is 1. The number of rotatable bonds is 5. The van der Waals surface area contributed by atoms with Crippen molar-refractivity contribution in [3.63, 3.8) is 0 Å². The van der Waals surface area contributed by atoms with E-state index in [-0.39, 0.29) is 11.9 Å². The highest BCUT2D eigenvalue weighted by molar-refractivity contribution is 8.14. The molecular formula is C22H24N4OS. The Balaban J connectivity index is 1.58. The zero-order valence-electron chi connectivity index (χ0n) is 16.3. The van der Waals surface area contributed by atoms with E-state index in [1.165, 1.54) is 5.56 Å². The summed E-state index contributed by atoms with van der Waals surface area (Å²) in [7, 11) is 1.97. The van der Waals surface area contributed by atoms with E-state index in [1.807, 2.05) is 31.3 Å². The summed E-state index contributed by atoms with van der Waals surface area (Å²) in [6.07, 6.45) is 0.418. The van der Waals surface area contributed by atoms with Crippen molar-refractivity contribution in [2.75, 3.05) is 18.1 Å². The fourth-order valence-corrected chi connectivity index (χ4v) is 4.15. The minimum absolute atomic E-state index is 0.00868. The maximum absolute atomic E-state index is 12.5. The Morgan fingerprint density at radius 2 is 1.93 bits per heavy atom. The fraction of sp³-hybridized carbons (Fsp3) is 0.318. The van der Waals surface area contributed by atoms with Crippen LogP contribution in [0.5, 0.6) is 0 Å². The van der Waals surface area contributed by atoms with E-state index in [2.05, 4.69) is 47.3 Å². The van der Waals surface area contributed by atoms with Gasteiger partial charge in [0.1, 0.15) is 0 Å². The third-order valence-electron chi connectivity index (χ3n) is 4.76. The molecule has 1 saturated heterocycles. The summed E-state index contributed by atoms with van der Waals surface area (Å²) in [5.74, 6) is 1.31. The number of nitriles is 1. The van der Waals surface area contributed by atoms with Gasteiger partial charge in [0.05, 0.1) is 17.3 Å². The zero-order chi connectivity index (χ0) is 20.1. The normalized spacial score (nSPS) is 17.8. The Hall–Kier alpha value is -2.78. The molecule has 5 nitrogen and oxygen atoms in total. The smallest absolute Gasteiger partial charge is 0.226 e. The standard InChI is InChI=1S/C22H24N4OS/c1-15(2)17-6-10-18(11-7-17)24-21(27)12-20-14-28-22(26(20)3)25-19-8-4-16(13-23)5-9-19/h4-11,15,20H,12,14H2,1-3H3,(H,24,27). The van der Waals surface area contributed by atoms with Crippen molar-refractivity contribution in [1.29, 1.82) is 5.26 Å². The van der Waals surface area contributed by atoms with Crippen LogP contribution in [0.2, 0.25) is 0 Å². The molecule has 28 heavy (non-hydrogen) atoms. The summed E-state index contributed by atoms with van der Waals surface area (Å²) < 4.78 is 0. The molecule has 144 valence electrons. The molecule has 0 radical (unpaired) electrons. The van der Waals surface area contributed by atoms with Crippen molar-refractivity contribution in [3.8, 4) is 6.07 Å². The molecule has 0 spiro atoms. The first kappa shape index (κ1) is 20.0. The number of amidine groups is 1. The largest absolute Gasteiger partial charge is 0.350 e. The molecule has 1 fully saturated rings. The van der Waals surface area contributed by atoms with Crippen molar-refractivity contribution in [2.24, 2.45) is 4.99 Å². The highest BCUT2D eigenvalue weighted by Crippen LogP contribution is 2.28. The molecule has 0 aromatic heterocycles. The van der Waals surface area contributed by atoms with Crippen molar-refractivity contribution in [1.82, 2.24) is 4.90 Å². The zero-order valence-corrected chi connectivity index (χ0v) is 17.2. The van der Waals surface area contributed by atoms with E-state index < -0.39 is 0 Å². The van der Waals surface area contributed by atoms with Crippen LogP contribution in [0.4, 0.5) is 11.4 Å². The van der Waals surface area contributed by atoms with Crippen LogP contribution in [-0.2, 0) is 4.79 Å². The van der Waals surface area contributed by atoms with Crippen LogP contribution in [-0.4, -0.2) is 34.8 Å². The molecule has 2 aromatic carbocycles. The number of carbonyl (C=O) groups is 1. The molecule has 1 amide bonds. The van der Waals surface area contributed by atoms with Crippen LogP contribution in [0.1, 0.15) is 37.3 Å². The molecule has 0 aliphatic carbocycles. The lowest BCUT2D eigenvalue weighted by molar-refractivity contribution is -0.116. The topological polar surface area (TPSA) is 68.5 Å². The van der Waals surface area contributed by atoms with Crippen LogP contribution in [0.3, 0.4) is 0 Å². The minimum Gasteiger partial charge on any atom is -0.350 e. The Kier molecular flexibility index (Phi) is 6.37. The van der Waals surface area contributed by atoms with Gasteiger partial charge in [-0.2, -0.15) is 5.26 Å². The maximum atomic E-state index is 12.5. The number of nitrogens with zero attached hydrogens (tertiary/aromatic N) is 3. The molecule has 1 N–H and O–H groups in total.